The Hall–Kier alpha value is -0.830. The summed E-state index contributed by atoms with van der Waals surface area (Å²) in [5.74, 6) is -0.0325. The number of hydrogen-bond acceptors (Lipinski definition) is 2. The fraction of sp³-hybridized carbons (Fsp3) is 0.562. The standard InChI is InChI=1S/C16H19BrO2/c1-2-19-14(18)16(10-15(11-16)8-3-9-15)12-4-6-13(17)7-5-12/h4-7H,2-3,8-11H2,1H3. The number of carbonyl (C=O) groups excluding carboxylic acids is 1. The van der Waals surface area contributed by atoms with E-state index in [9.17, 15) is 4.79 Å². The van der Waals surface area contributed by atoms with Crippen LogP contribution in [0.2, 0.25) is 0 Å². The Bertz CT molecular complexity index is 480. The van der Waals surface area contributed by atoms with Crippen molar-refractivity contribution in [2.75, 3.05) is 6.61 Å². The van der Waals surface area contributed by atoms with Crippen LogP contribution in [0, 0.1) is 5.41 Å². The SMILES string of the molecule is CCOC(=O)C1(c2ccc(Br)cc2)CC2(CCC2)C1. The summed E-state index contributed by atoms with van der Waals surface area (Å²) >= 11 is 3.45. The number of rotatable bonds is 3. The fourth-order valence-electron chi connectivity index (χ4n) is 3.76. The van der Waals surface area contributed by atoms with Gasteiger partial charge in [-0.1, -0.05) is 34.5 Å². The number of hydrogen-bond donors (Lipinski definition) is 0. The zero-order chi connectivity index (χ0) is 13.5. The molecule has 1 spiro atoms. The van der Waals surface area contributed by atoms with E-state index in [-0.39, 0.29) is 11.4 Å². The summed E-state index contributed by atoms with van der Waals surface area (Å²) in [6.07, 6.45) is 5.83. The maximum absolute atomic E-state index is 12.4. The molecule has 0 radical (unpaired) electrons. The van der Waals surface area contributed by atoms with E-state index in [1.54, 1.807) is 0 Å². The van der Waals surface area contributed by atoms with Crippen molar-refractivity contribution in [2.24, 2.45) is 5.41 Å². The molecule has 0 saturated heterocycles. The highest BCUT2D eigenvalue weighted by molar-refractivity contribution is 9.10. The van der Waals surface area contributed by atoms with Crippen LogP contribution in [0.5, 0.6) is 0 Å². The van der Waals surface area contributed by atoms with Gasteiger partial charge in [-0.3, -0.25) is 4.79 Å². The molecule has 2 aliphatic rings. The first-order valence-electron chi connectivity index (χ1n) is 7.04. The number of halogens is 1. The highest BCUT2D eigenvalue weighted by atomic mass is 79.9. The smallest absolute Gasteiger partial charge is 0.316 e. The van der Waals surface area contributed by atoms with Crippen molar-refractivity contribution in [1.82, 2.24) is 0 Å². The maximum Gasteiger partial charge on any atom is 0.316 e. The molecule has 0 aliphatic heterocycles. The Kier molecular flexibility index (Phi) is 3.20. The van der Waals surface area contributed by atoms with Crippen molar-refractivity contribution in [1.29, 1.82) is 0 Å². The summed E-state index contributed by atoms with van der Waals surface area (Å²) in [6.45, 7) is 2.34. The largest absolute Gasteiger partial charge is 0.465 e. The summed E-state index contributed by atoms with van der Waals surface area (Å²) in [6, 6.07) is 8.16. The molecule has 1 aromatic carbocycles. The predicted molar refractivity (Wildman–Crippen MR) is 78.0 cm³/mol. The molecule has 0 amide bonds. The van der Waals surface area contributed by atoms with Crippen LogP contribution in [0.1, 0.15) is 44.6 Å². The molecule has 0 unspecified atom stereocenters. The van der Waals surface area contributed by atoms with Crippen LogP contribution in [0.4, 0.5) is 0 Å². The molecular weight excluding hydrogens is 304 g/mol. The topological polar surface area (TPSA) is 26.3 Å². The van der Waals surface area contributed by atoms with Gasteiger partial charge < -0.3 is 4.74 Å². The molecule has 0 aromatic heterocycles. The lowest BCUT2D eigenvalue weighted by Crippen LogP contribution is -2.57. The molecule has 3 rings (SSSR count). The lowest BCUT2D eigenvalue weighted by Gasteiger charge is -2.59. The second-order valence-corrected chi connectivity index (χ2v) is 6.93. The van der Waals surface area contributed by atoms with Gasteiger partial charge in [-0.05, 0) is 55.7 Å². The molecule has 0 bridgehead atoms. The fourth-order valence-corrected chi connectivity index (χ4v) is 4.03. The van der Waals surface area contributed by atoms with Crippen LogP contribution in [0.25, 0.3) is 0 Å². The molecule has 2 fully saturated rings. The van der Waals surface area contributed by atoms with Gasteiger partial charge in [0.1, 0.15) is 0 Å². The van der Waals surface area contributed by atoms with Gasteiger partial charge in [0.25, 0.3) is 0 Å². The van der Waals surface area contributed by atoms with Crippen LogP contribution >= 0.6 is 15.9 Å². The third-order valence-electron chi connectivity index (χ3n) is 4.83. The molecule has 2 nitrogen and oxygen atoms in total. The molecule has 1 aromatic rings. The molecule has 19 heavy (non-hydrogen) atoms. The van der Waals surface area contributed by atoms with Crippen LogP contribution in [0.3, 0.4) is 0 Å². The van der Waals surface area contributed by atoms with Crippen LogP contribution in [-0.4, -0.2) is 12.6 Å². The van der Waals surface area contributed by atoms with Crippen molar-refractivity contribution in [3.8, 4) is 0 Å². The molecule has 2 saturated carbocycles. The molecular formula is C16H19BrO2. The average Bonchev–Trinajstić information content (AvgIpc) is 2.28. The highest BCUT2D eigenvalue weighted by Crippen LogP contribution is 2.65. The molecule has 0 N–H and O–H groups in total. The number of esters is 1. The van der Waals surface area contributed by atoms with Crippen molar-refractivity contribution in [2.45, 2.75) is 44.4 Å². The first-order chi connectivity index (χ1) is 9.10. The monoisotopic (exact) mass is 322 g/mol. The highest BCUT2D eigenvalue weighted by Gasteiger charge is 2.62. The Labute approximate surface area is 122 Å². The van der Waals surface area contributed by atoms with E-state index in [1.165, 1.54) is 19.3 Å². The summed E-state index contributed by atoms with van der Waals surface area (Å²) in [5, 5.41) is 0. The van der Waals surface area contributed by atoms with E-state index in [1.807, 2.05) is 19.1 Å². The molecule has 102 valence electrons. The minimum atomic E-state index is -0.378. The minimum Gasteiger partial charge on any atom is -0.465 e. The lowest BCUT2D eigenvalue weighted by molar-refractivity contribution is -0.166. The Morgan fingerprint density at radius 3 is 2.37 bits per heavy atom. The van der Waals surface area contributed by atoms with Crippen molar-refractivity contribution in [3.63, 3.8) is 0 Å². The van der Waals surface area contributed by atoms with Gasteiger partial charge in [-0.15, -0.1) is 0 Å². The minimum absolute atomic E-state index is 0.0325. The van der Waals surface area contributed by atoms with Gasteiger partial charge in [-0.25, -0.2) is 0 Å². The third-order valence-corrected chi connectivity index (χ3v) is 5.36. The van der Waals surface area contributed by atoms with Crippen LogP contribution in [0.15, 0.2) is 28.7 Å². The van der Waals surface area contributed by atoms with E-state index < -0.39 is 0 Å². The predicted octanol–water partition coefficient (Wildman–Crippen LogP) is 4.21. The molecule has 3 heteroatoms. The Morgan fingerprint density at radius 1 is 1.26 bits per heavy atom. The lowest BCUT2D eigenvalue weighted by atomic mass is 9.44. The Morgan fingerprint density at radius 2 is 1.89 bits per heavy atom. The normalized spacial score (nSPS) is 22.4. The van der Waals surface area contributed by atoms with E-state index >= 15 is 0 Å². The quantitative estimate of drug-likeness (QED) is 0.779. The second-order valence-electron chi connectivity index (χ2n) is 6.02. The van der Waals surface area contributed by atoms with Crippen LogP contribution in [-0.2, 0) is 14.9 Å². The van der Waals surface area contributed by atoms with E-state index in [0.717, 1.165) is 22.9 Å². The van der Waals surface area contributed by atoms with E-state index in [0.29, 0.717) is 12.0 Å². The summed E-state index contributed by atoms with van der Waals surface area (Å²) in [7, 11) is 0. The van der Waals surface area contributed by atoms with Gasteiger partial charge in [0.2, 0.25) is 0 Å². The van der Waals surface area contributed by atoms with Crippen molar-refractivity contribution in [3.05, 3.63) is 34.3 Å². The van der Waals surface area contributed by atoms with E-state index in [2.05, 4.69) is 28.1 Å². The first-order valence-corrected chi connectivity index (χ1v) is 7.83. The van der Waals surface area contributed by atoms with Crippen molar-refractivity contribution >= 4 is 21.9 Å². The number of carbonyl (C=O) groups is 1. The summed E-state index contributed by atoms with van der Waals surface area (Å²) in [4.78, 5) is 12.4. The molecule has 2 aliphatic carbocycles. The van der Waals surface area contributed by atoms with E-state index in [4.69, 9.17) is 4.74 Å². The molecule has 0 atom stereocenters. The maximum atomic E-state index is 12.4. The van der Waals surface area contributed by atoms with Crippen LogP contribution < -0.4 is 0 Å². The van der Waals surface area contributed by atoms with Gasteiger partial charge in [-0.2, -0.15) is 0 Å². The summed E-state index contributed by atoms with van der Waals surface area (Å²) in [5.41, 5.74) is 1.18. The zero-order valence-electron chi connectivity index (χ0n) is 11.2. The van der Waals surface area contributed by atoms with Gasteiger partial charge in [0, 0.05) is 4.47 Å². The zero-order valence-corrected chi connectivity index (χ0v) is 12.8. The Balaban J connectivity index is 1.89. The number of benzene rings is 1. The summed E-state index contributed by atoms with van der Waals surface area (Å²) < 4.78 is 6.39. The van der Waals surface area contributed by atoms with Gasteiger partial charge in [0.05, 0.1) is 12.0 Å². The number of ether oxygens (including phenoxy) is 1. The average molecular weight is 323 g/mol. The molecule has 0 heterocycles. The third kappa shape index (κ3) is 2.03. The van der Waals surface area contributed by atoms with Gasteiger partial charge >= 0.3 is 5.97 Å². The van der Waals surface area contributed by atoms with Crippen molar-refractivity contribution < 1.29 is 9.53 Å². The first kappa shape index (κ1) is 13.2. The second kappa shape index (κ2) is 4.62. The van der Waals surface area contributed by atoms with Gasteiger partial charge in [0.15, 0.2) is 0 Å².